The molecule has 0 heterocycles. The van der Waals surface area contributed by atoms with Crippen LogP contribution in [-0.2, 0) is 28.6 Å². The predicted octanol–water partition coefficient (Wildman–Crippen LogP) is 6.62. The molecule has 0 fully saturated rings. The van der Waals surface area contributed by atoms with Gasteiger partial charge in [-0.25, -0.2) is 0 Å². The van der Waals surface area contributed by atoms with Gasteiger partial charge in [-0.05, 0) is 51.4 Å². The van der Waals surface area contributed by atoms with Crippen molar-refractivity contribution in [2.75, 3.05) is 41.0 Å². The van der Waals surface area contributed by atoms with E-state index < -0.39 is 18.1 Å². The summed E-state index contributed by atoms with van der Waals surface area (Å²) < 4.78 is 16.9. The summed E-state index contributed by atoms with van der Waals surface area (Å²) in [6.07, 6.45) is 27.8. The van der Waals surface area contributed by atoms with Gasteiger partial charge in [0.25, 0.3) is 0 Å². The SMILES string of the molecule is CC/C=C/C/C=C/CCC(=O)OCC(COCCC(C(=O)[O-])[N+](C)(C)C)OC(=O)CCCCC/C=C/CCCCCCCC. The zero-order chi connectivity index (χ0) is 32.9. The molecule has 0 aliphatic rings. The van der Waals surface area contributed by atoms with E-state index in [1.165, 1.54) is 38.5 Å². The maximum Gasteiger partial charge on any atom is 0.306 e. The van der Waals surface area contributed by atoms with Gasteiger partial charge in [-0.15, -0.1) is 0 Å². The maximum absolute atomic E-state index is 12.5. The normalized spacial score (nSPS) is 13.6. The number of nitrogens with zero attached hydrogens (tertiary/aromatic N) is 1. The quantitative estimate of drug-likeness (QED) is 0.0400. The standard InChI is InChI=1S/C36H63NO7/c1-6-8-10-12-14-15-16-17-18-19-21-23-25-27-35(39)44-32(30-42-29-28-33(36(40)41)37(3,4)5)31-43-34(38)26-24-22-20-13-11-9-7-2/h9,11,17-18,20,22,32-33H,6-8,10,12-16,19,21,23-31H2,1-5H3/b11-9+,18-17+,22-20+. The van der Waals surface area contributed by atoms with E-state index in [9.17, 15) is 19.5 Å². The summed E-state index contributed by atoms with van der Waals surface area (Å²) >= 11 is 0. The number of rotatable bonds is 29. The summed E-state index contributed by atoms with van der Waals surface area (Å²) in [6, 6.07) is -0.732. The Labute approximate surface area is 268 Å². The highest BCUT2D eigenvalue weighted by Crippen LogP contribution is 2.11. The van der Waals surface area contributed by atoms with Gasteiger partial charge in [-0.3, -0.25) is 9.59 Å². The molecule has 0 amide bonds. The maximum atomic E-state index is 12.5. The number of carboxylic acids is 1. The zero-order valence-electron chi connectivity index (χ0n) is 28.6. The summed E-state index contributed by atoms with van der Waals surface area (Å²) in [6.45, 7) is 4.39. The molecule has 8 nitrogen and oxygen atoms in total. The van der Waals surface area contributed by atoms with Crippen molar-refractivity contribution in [1.29, 1.82) is 0 Å². The van der Waals surface area contributed by atoms with E-state index in [0.717, 1.165) is 44.9 Å². The van der Waals surface area contributed by atoms with E-state index in [0.29, 0.717) is 6.42 Å². The highest BCUT2D eigenvalue weighted by Gasteiger charge is 2.25. The third kappa shape index (κ3) is 26.0. The van der Waals surface area contributed by atoms with Crippen LogP contribution in [-0.4, -0.2) is 75.5 Å². The lowest BCUT2D eigenvalue weighted by Crippen LogP contribution is -2.55. The van der Waals surface area contributed by atoms with E-state index in [-0.39, 0.29) is 55.5 Å². The lowest BCUT2D eigenvalue weighted by atomic mass is 10.1. The summed E-state index contributed by atoms with van der Waals surface area (Å²) in [5.41, 5.74) is 0. The van der Waals surface area contributed by atoms with Crippen molar-refractivity contribution in [3.63, 3.8) is 0 Å². The van der Waals surface area contributed by atoms with Crippen molar-refractivity contribution in [3.05, 3.63) is 36.5 Å². The fourth-order valence-electron chi connectivity index (χ4n) is 4.59. The Hall–Kier alpha value is -2.45. The second kappa shape index (κ2) is 28.1. The number of allylic oxidation sites excluding steroid dienone is 6. The van der Waals surface area contributed by atoms with E-state index in [1.807, 2.05) is 12.2 Å². The van der Waals surface area contributed by atoms with Gasteiger partial charge >= 0.3 is 11.9 Å². The minimum Gasteiger partial charge on any atom is -0.544 e. The average molecular weight is 622 g/mol. The number of aliphatic carboxylic acids is 1. The largest absolute Gasteiger partial charge is 0.544 e. The molecule has 0 aromatic carbocycles. The molecule has 0 rings (SSSR count). The van der Waals surface area contributed by atoms with Crippen molar-refractivity contribution in [2.24, 2.45) is 0 Å². The molecular weight excluding hydrogens is 558 g/mol. The van der Waals surface area contributed by atoms with Gasteiger partial charge < -0.3 is 28.6 Å². The molecule has 254 valence electrons. The Balaban J connectivity index is 4.53. The number of likely N-dealkylation sites (N-methyl/N-ethyl adjacent to an activating group) is 1. The van der Waals surface area contributed by atoms with Crippen LogP contribution in [0.3, 0.4) is 0 Å². The third-order valence-corrected chi connectivity index (χ3v) is 7.27. The first-order chi connectivity index (χ1) is 21.1. The molecule has 0 aliphatic carbocycles. The predicted molar refractivity (Wildman–Crippen MR) is 176 cm³/mol. The molecule has 0 spiro atoms. The van der Waals surface area contributed by atoms with Crippen LogP contribution in [0, 0.1) is 0 Å². The fraction of sp³-hybridized carbons (Fsp3) is 0.750. The summed E-state index contributed by atoms with van der Waals surface area (Å²) in [7, 11) is 5.36. The Bertz CT molecular complexity index is 829. The number of carbonyl (C=O) groups excluding carboxylic acids is 3. The average Bonchev–Trinajstić information content (AvgIpc) is 2.96. The van der Waals surface area contributed by atoms with Gasteiger partial charge in [0.05, 0.1) is 40.3 Å². The Morgan fingerprint density at radius 3 is 1.95 bits per heavy atom. The number of unbranched alkanes of at least 4 members (excludes halogenated alkanes) is 9. The van der Waals surface area contributed by atoms with Crippen molar-refractivity contribution < 1.29 is 38.2 Å². The first-order valence-corrected chi connectivity index (χ1v) is 17.0. The van der Waals surface area contributed by atoms with Crippen molar-refractivity contribution in [2.45, 2.75) is 135 Å². The van der Waals surface area contributed by atoms with Gasteiger partial charge in [-0.2, -0.15) is 0 Å². The van der Waals surface area contributed by atoms with Crippen LogP contribution in [0.25, 0.3) is 0 Å². The van der Waals surface area contributed by atoms with Crippen LogP contribution < -0.4 is 5.11 Å². The highest BCUT2D eigenvalue weighted by atomic mass is 16.6. The Morgan fingerprint density at radius 2 is 1.32 bits per heavy atom. The minimum absolute atomic E-state index is 0.0169. The molecule has 0 bridgehead atoms. The number of ether oxygens (including phenoxy) is 3. The van der Waals surface area contributed by atoms with E-state index in [1.54, 1.807) is 21.1 Å². The molecule has 2 atom stereocenters. The van der Waals surface area contributed by atoms with Crippen LogP contribution in [0.4, 0.5) is 0 Å². The molecule has 0 N–H and O–H groups in total. The minimum atomic E-state index is -1.14. The summed E-state index contributed by atoms with van der Waals surface area (Å²) in [5, 5.41) is 11.5. The van der Waals surface area contributed by atoms with Crippen LogP contribution in [0.5, 0.6) is 0 Å². The van der Waals surface area contributed by atoms with Gasteiger partial charge in [-0.1, -0.05) is 88.8 Å². The molecule has 0 saturated carbocycles. The second-order valence-corrected chi connectivity index (χ2v) is 12.4. The molecule has 0 aliphatic heterocycles. The van der Waals surface area contributed by atoms with E-state index >= 15 is 0 Å². The van der Waals surface area contributed by atoms with Crippen LogP contribution in [0.15, 0.2) is 36.5 Å². The van der Waals surface area contributed by atoms with Crippen molar-refractivity contribution in [1.82, 2.24) is 0 Å². The van der Waals surface area contributed by atoms with Crippen LogP contribution in [0.1, 0.15) is 123 Å². The topological polar surface area (TPSA) is 102 Å². The number of esters is 2. The third-order valence-electron chi connectivity index (χ3n) is 7.27. The molecule has 44 heavy (non-hydrogen) atoms. The van der Waals surface area contributed by atoms with Gasteiger partial charge in [0.2, 0.25) is 0 Å². The van der Waals surface area contributed by atoms with Crippen molar-refractivity contribution in [3.8, 4) is 0 Å². The second-order valence-electron chi connectivity index (χ2n) is 12.4. The first kappa shape index (κ1) is 41.5. The molecule has 0 saturated heterocycles. The number of hydrogen-bond acceptors (Lipinski definition) is 7. The molecule has 0 radical (unpaired) electrons. The molecule has 2 unspecified atom stereocenters. The highest BCUT2D eigenvalue weighted by molar-refractivity contribution is 5.70. The van der Waals surface area contributed by atoms with Gasteiger partial charge in [0.1, 0.15) is 12.6 Å². The monoisotopic (exact) mass is 621 g/mol. The van der Waals surface area contributed by atoms with Gasteiger partial charge in [0, 0.05) is 19.3 Å². The van der Waals surface area contributed by atoms with Gasteiger partial charge in [0.15, 0.2) is 6.10 Å². The molecule has 0 aromatic rings. The Morgan fingerprint density at radius 1 is 0.705 bits per heavy atom. The number of hydrogen-bond donors (Lipinski definition) is 0. The van der Waals surface area contributed by atoms with Crippen LogP contribution >= 0.6 is 0 Å². The zero-order valence-corrected chi connectivity index (χ0v) is 28.6. The first-order valence-electron chi connectivity index (χ1n) is 17.0. The number of quaternary nitrogens is 1. The lowest BCUT2D eigenvalue weighted by molar-refractivity contribution is -0.889. The summed E-state index contributed by atoms with van der Waals surface area (Å²) in [4.78, 5) is 36.3. The molecule has 8 heteroatoms. The van der Waals surface area contributed by atoms with E-state index in [4.69, 9.17) is 14.2 Å². The number of carboxylic acid groups (broad SMARTS) is 1. The molecule has 0 aromatic heterocycles. The smallest absolute Gasteiger partial charge is 0.306 e. The fourth-order valence-corrected chi connectivity index (χ4v) is 4.59. The molecular formula is C36H63NO7. The van der Waals surface area contributed by atoms with Crippen molar-refractivity contribution >= 4 is 17.9 Å². The van der Waals surface area contributed by atoms with Crippen LogP contribution in [0.2, 0.25) is 0 Å². The lowest BCUT2D eigenvalue weighted by Gasteiger charge is -2.34. The van der Waals surface area contributed by atoms with E-state index in [2.05, 4.69) is 38.2 Å². The Kier molecular flexibility index (Phi) is 26.5. The number of carbonyl (C=O) groups is 3. The summed E-state index contributed by atoms with van der Waals surface area (Å²) in [5.74, 6) is -1.86.